The van der Waals surface area contributed by atoms with Crippen molar-refractivity contribution in [1.29, 1.82) is 0 Å². The number of aromatic nitrogens is 2. The van der Waals surface area contributed by atoms with Crippen molar-refractivity contribution in [1.82, 2.24) is 9.55 Å². The highest BCUT2D eigenvalue weighted by molar-refractivity contribution is 5.90. The van der Waals surface area contributed by atoms with Crippen molar-refractivity contribution >= 4 is 16.7 Å². The van der Waals surface area contributed by atoms with Crippen LogP contribution in [0.4, 0.5) is 5.69 Å². The van der Waals surface area contributed by atoms with E-state index in [1.807, 2.05) is 23.7 Å². The number of benzene rings is 1. The molecule has 2 N–H and O–H groups in total. The van der Waals surface area contributed by atoms with Crippen molar-refractivity contribution in [2.45, 2.75) is 0 Å². The number of nitrogens with zero attached hydrogens (tertiary/aromatic N) is 2. The van der Waals surface area contributed by atoms with Crippen LogP contribution in [0.15, 0.2) is 18.5 Å². The van der Waals surface area contributed by atoms with Gasteiger partial charge in [0.2, 0.25) is 0 Å². The molecule has 0 atom stereocenters. The van der Waals surface area contributed by atoms with Crippen LogP contribution in [0.2, 0.25) is 0 Å². The molecule has 0 saturated heterocycles. The number of ether oxygens (including phenoxy) is 1. The number of rotatable bonds is 1. The van der Waals surface area contributed by atoms with Gasteiger partial charge in [0, 0.05) is 7.05 Å². The van der Waals surface area contributed by atoms with Crippen LogP contribution in [0.1, 0.15) is 0 Å². The molecule has 1 aromatic heterocycles. The minimum Gasteiger partial charge on any atom is -0.495 e. The van der Waals surface area contributed by atoms with Crippen LogP contribution in [0, 0.1) is 0 Å². The molecule has 13 heavy (non-hydrogen) atoms. The number of fused-ring (bicyclic) bond motifs is 1. The van der Waals surface area contributed by atoms with Crippen molar-refractivity contribution in [3.05, 3.63) is 18.5 Å². The Morgan fingerprint density at radius 3 is 2.92 bits per heavy atom. The SMILES string of the molecule is COc1ccc2ncn(C)c2c1N. The Morgan fingerprint density at radius 1 is 1.46 bits per heavy atom. The molecule has 68 valence electrons. The fourth-order valence-electron chi connectivity index (χ4n) is 1.44. The van der Waals surface area contributed by atoms with E-state index < -0.39 is 0 Å². The molecule has 4 nitrogen and oxygen atoms in total. The smallest absolute Gasteiger partial charge is 0.144 e. The number of methoxy groups -OCH3 is 1. The zero-order chi connectivity index (χ0) is 9.42. The van der Waals surface area contributed by atoms with E-state index in [0.29, 0.717) is 11.4 Å². The lowest BCUT2D eigenvalue weighted by Crippen LogP contribution is -1.96. The standard InChI is InChI=1S/C9H11N3O/c1-12-5-11-6-3-4-7(13-2)8(10)9(6)12/h3-5H,10H2,1-2H3. The predicted molar refractivity (Wildman–Crippen MR) is 51.7 cm³/mol. The number of hydrogen-bond acceptors (Lipinski definition) is 3. The summed E-state index contributed by atoms with van der Waals surface area (Å²) in [5.41, 5.74) is 8.33. The Balaban J connectivity index is 2.83. The fraction of sp³-hybridized carbons (Fsp3) is 0.222. The number of anilines is 1. The molecule has 0 aliphatic carbocycles. The monoisotopic (exact) mass is 177 g/mol. The lowest BCUT2D eigenvalue weighted by atomic mass is 10.2. The van der Waals surface area contributed by atoms with Crippen molar-refractivity contribution in [2.24, 2.45) is 7.05 Å². The second-order valence-electron chi connectivity index (χ2n) is 2.90. The quantitative estimate of drug-likeness (QED) is 0.665. The molecule has 0 aliphatic heterocycles. The van der Waals surface area contributed by atoms with Gasteiger partial charge < -0.3 is 15.0 Å². The second-order valence-corrected chi connectivity index (χ2v) is 2.90. The number of hydrogen-bond donors (Lipinski definition) is 1. The van der Waals surface area contributed by atoms with Gasteiger partial charge in [0.25, 0.3) is 0 Å². The minimum atomic E-state index is 0.639. The number of aryl methyl sites for hydroxylation is 1. The van der Waals surface area contributed by atoms with E-state index in [1.165, 1.54) is 0 Å². The largest absolute Gasteiger partial charge is 0.495 e. The summed E-state index contributed by atoms with van der Waals surface area (Å²) in [7, 11) is 3.51. The van der Waals surface area contributed by atoms with Gasteiger partial charge in [-0.15, -0.1) is 0 Å². The maximum atomic E-state index is 5.89. The summed E-state index contributed by atoms with van der Waals surface area (Å²) < 4.78 is 6.99. The van der Waals surface area contributed by atoms with E-state index >= 15 is 0 Å². The topological polar surface area (TPSA) is 53.1 Å². The number of nitrogens with two attached hydrogens (primary N) is 1. The van der Waals surface area contributed by atoms with Crippen LogP contribution in [0.25, 0.3) is 11.0 Å². The highest BCUT2D eigenvalue weighted by Gasteiger charge is 2.07. The lowest BCUT2D eigenvalue weighted by molar-refractivity contribution is 0.417. The summed E-state index contributed by atoms with van der Waals surface area (Å²) in [6.07, 6.45) is 1.74. The van der Waals surface area contributed by atoms with E-state index in [4.69, 9.17) is 10.5 Å². The maximum Gasteiger partial charge on any atom is 0.144 e. The van der Waals surface area contributed by atoms with Gasteiger partial charge in [-0.2, -0.15) is 0 Å². The Hall–Kier alpha value is -1.71. The third-order valence-electron chi connectivity index (χ3n) is 2.10. The molecule has 0 saturated carbocycles. The Labute approximate surface area is 75.9 Å². The van der Waals surface area contributed by atoms with Crippen LogP contribution in [0.3, 0.4) is 0 Å². The predicted octanol–water partition coefficient (Wildman–Crippen LogP) is 1.16. The normalized spacial score (nSPS) is 10.6. The van der Waals surface area contributed by atoms with Crippen molar-refractivity contribution in [2.75, 3.05) is 12.8 Å². The van der Waals surface area contributed by atoms with Gasteiger partial charge in [0.1, 0.15) is 11.4 Å². The molecule has 0 bridgehead atoms. The maximum absolute atomic E-state index is 5.89. The van der Waals surface area contributed by atoms with Crippen LogP contribution in [-0.4, -0.2) is 16.7 Å². The van der Waals surface area contributed by atoms with Gasteiger partial charge in [-0.25, -0.2) is 4.98 Å². The van der Waals surface area contributed by atoms with Crippen molar-refractivity contribution in [3.8, 4) is 5.75 Å². The summed E-state index contributed by atoms with van der Waals surface area (Å²) in [5, 5.41) is 0. The van der Waals surface area contributed by atoms with Gasteiger partial charge >= 0.3 is 0 Å². The van der Waals surface area contributed by atoms with Gasteiger partial charge in [-0.3, -0.25) is 0 Å². The Bertz CT molecular complexity index is 447. The molecule has 2 aromatic rings. The molecule has 0 aliphatic rings. The molecule has 1 aromatic carbocycles. The molecule has 0 spiro atoms. The van der Waals surface area contributed by atoms with E-state index in [0.717, 1.165) is 11.0 Å². The van der Waals surface area contributed by atoms with Crippen LogP contribution < -0.4 is 10.5 Å². The highest BCUT2D eigenvalue weighted by atomic mass is 16.5. The van der Waals surface area contributed by atoms with E-state index in [-0.39, 0.29) is 0 Å². The number of nitrogen functional groups attached to an aromatic ring is 1. The molecular weight excluding hydrogens is 166 g/mol. The number of imidazole rings is 1. The third-order valence-corrected chi connectivity index (χ3v) is 2.10. The molecule has 0 fully saturated rings. The van der Waals surface area contributed by atoms with E-state index in [1.54, 1.807) is 13.4 Å². The molecule has 1 heterocycles. The molecule has 4 heteroatoms. The zero-order valence-electron chi connectivity index (χ0n) is 7.61. The lowest BCUT2D eigenvalue weighted by Gasteiger charge is -2.05. The van der Waals surface area contributed by atoms with Crippen LogP contribution in [0.5, 0.6) is 5.75 Å². The first-order chi connectivity index (χ1) is 6.24. The average Bonchev–Trinajstić information content (AvgIpc) is 2.49. The van der Waals surface area contributed by atoms with Crippen LogP contribution in [-0.2, 0) is 7.05 Å². The second kappa shape index (κ2) is 2.65. The molecule has 0 amide bonds. The van der Waals surface area contributed by atoms with Crippen molar-refractivity contribution < 1.29 is 4.74 Å². The summed E-state index contributed by atoms with van der Waals surface area (Å²) >= 11 is 0. The minimum absolute atomic E-state index is 0.639. The van der Waals surface area contributed by atoms with Gasteiger partial charge in [0.05, 0.1) is 24.5 Å². The molecule has 0 unspecified atom stereocenters. The van der Waals surface area contributed by atoms with Crippen LogP contribution >= 0.6 is 0 Å². The Morgan fingerprint density at radius 2 is 2.23 bits per heavy atom. The van der Waals surface area contributed by atoms with Gasteiger partial charge in [-0.05, 0) is 12.1 Å². The first-order valence-corrected chi connectivity index (χ1v) is 3.97. The molecule has 2 rings (SSSR count). The van der Waals surface area contributed by atoms with Gasteiger partial charge in [0.15, 0.2) is 0 Å². The van der Waals surface area contributed by atoms with Gasteiger partial charge in [-0.1, -0.05) is 0 Å². The Kier molecular flexibility index (Phi) is 1.62. The molecular formula is C9H11N3O. The fourth-order valence-corrected chi connectivity index (χ4v) is 1.44. The molecule has 0 radical (unpaired) electrons. The van der Waals surface area contributed by atoms with E-state index in [2.05, 4.69) is 4.98 Å². The zero-order valence-corrected chi connectivity index (χ0v) is 7.61. The summed E-state index contributed by atoms with van der Waals surface area (Å²) in [6.45, 7) is 0. The summed E-state index contributed by atoms with van der Waals surface area (Å²) in [6, 6.07) is 3.72. The first-order valence-electron chi connectivity index (χ1n) is 3.97. The third kappa shape index (κ3) is 1.02. The summed E-state index contributed by atoms with van der Waals surface area (Å²) in [5.74, 6) is 0.691. The van der Waals surface area contributed by atoms with Crippen molar-refractivity contribution in [3.63, 3.8) is 0 Å². The highest BCUT2D eigenvalue weighted by Crippen LogP contribution is 2.28. The van der Waals surface area contributed by atoms with E-state index in [9.17, 15) is 0 Å². The average molecular weight is 177 g/mol. The first kappa shape index (κ1) is 7.91. The summed E-state index contributed by atoms with van der Waals surface area (Å²) in [4.78, 5) is 4.18.